The van der Waals surface area contributed by atoms with Gasteiger partial charge in [0.1, 0.15) is 0 Å². The first kappa shape index (κ1) is 15.0. The van der Waals surface area contributed by atoms with Crippen LogP contribution in [-0.2, 0) is 11.3 Å². The van der Waals surface area contributed by atoms with Crippen LogP contribution in [-0.4, -0.2) is 43.3 Å². The topological polar surface area (TPSA) is 24.5 Å². The first-order valence-corrected chi connectivity index (χ1v) is 8.32. The third-order valence-electron chi connectivity index (χ3n) is 4.46. The number of ether oxygens (including phenoxy) is 1. The molecule has 1 aromatic rings. The number of hydrogen-bond acceptors (Lipinski definition) is 3. The molecule has 1 saturated carbocycles. The SMILES string of the molecule is Cc1cccc(CN(C)CC2CCC(CNC3CC3)O2)c1. The van der Waals surface area contributed by atoms with Gasteiger partial charge in [0, 0.05) is 25.7 Å². The van der Waals surface area contributed by atoms with Crippen LogP contribution in [0.25, 0.3) is 0 Å². The van der Waals surface area contributed by atoms with Gasteiger partial charge in [0.2, 0.25) is 0 Å². The van der Waals surface area contributed by atoms with Gasteiger partial charge in [-0.05, 0) is 45.2 Å². The molecule has 21 heavy (non-hydrogen) atoms. The van der Waals surface area contributed by atoms with Crippen LogP contribution in [0.3, 0.4) is 0 Å². The van der Waals surface area contributed by atoms with Gasteiger partial charge in [-0.15, -0.1) is 0 Å². The van der Waals surface area contributed by atoms with Gasteiger partial charge < -0.3 is 10.1 Å². The van der Waals surface area contributed by atoms with Gasteiger partial charge in [-0.2, -0.15) is 0 Å². The lowest BCUT2D eigenvalue weighted by molar-refractivity contribution is 0.0266. The van der Waals surface area contributed by atoms with Crippen LogP contribution < -0.4 is 5.32 Å². The van der Waals surface area contributed by atoms with Crippen LogP contribution in [0.1, 0.15) is 36.8 Å². The molecular formula is C18H28N2O. The zero-order chi connectivity index (χ0) is 14.7. The molecule has 0 amide bonds. The van der Waals surface area contributed by atoms with Gasteiger partial charge in [0.05, 0.1) is 12.2 Å². The monoisotopic (exact) mass is 288 g/mol. The van der Waals surface area contributed by atoms with Crippen LogP contribution in [0.15, 0.2) is 24.3 Å². The molecule has 2 aliphatic rings. The van der Waals surface area contributed by atoms with Crippen LogP contribution in [0, 0.1) is 6.92 Å². The molecule has 2 unspecified atom stereocenters. The highest BCUT2D eigenvalue weighted by Crippen LogP contribution is 2.23. The second kappa shape index (κ2) is 6.91. The van der Waals surface area contributed by atoms with Crippen molar-refractivity contribution in [2.45, 2.75) is 57.4 Å². The highest BCUT2D eigenvalue weighted by atomic mass is 16.5. The molecule has 116 valence electrons. The lowest BCUT2D eigenvalue weighted by Gasteiger charge is -2.22. The van der Waals surface area contributed by atoms with Crippen molar-refractivity contribution in [2.75, 3.05) is 20.1 Å². The summed E-state index contributed by atoms with van der Waals surface area (Å²) in [6.45, 7) is 5.24. The minimum Gasteiger partial charge on any atom is -0.372 e. The molecule has 1 aliphatic heterocycles. The molecule has 2 fully saturated rings. The Hall–Kier alpha value is -0.900. The number of nitrogens with zero attached hydrogens (tertiary/aromatic N) is 1. The Balaban J connectivity index is 1.39. The van der Waals surface area contributed by atoms with Crippen molar-refractivity contribution >= 4 is 0 Å². The first-order chi connectivity index (χ1) is 10.2. The number of rotatable bonds is 7. The fraction of sp³-hybridized carbons (Fsp3) is 0.667. The maximum Gasteiger partial charge on any atom is 0.0707 e. The highest BCUT2D eigenvalue weighted by molar-refractivity contribution is 5.22. The number of hydrogen-bond donors (Lipinski definition) is 1. The molecule has 1 aromatic carbocycles. The van der Waals surface area contributed by atoms with Crippen molar-refractivity contribution in [3.8, 4) is 0 Å². The lowest BCUT2D eigenvalue weighted by Crippen LogP contribution is -2.32. The van der Waals surface area contributed by atoms with Gasteiger partial charge in [-0.1, -0.05) is 29.8 Å². The van der Waals surface area contributed by atoms with Crippen molar-refractivity contribution in [3.63, 3.8) is 0 Å². The van der Waals surface area contributed by atoms with Crippen LogP contribution in [0.4, 0.5) is 0 Å². The summed E-state index contributed by atoms with van der Waals surface area (Å²) >= 11 is 0. The molecule has 0 spiro atoms. The second-order valence-electron chi connectivity index (χ2n) is 6.83. The van der Waals surface area contributed by atoms with Crippen molar-refractivity contribution in [3.05, 3.63) is 35.4 Å². The number of benzene rings is 1. The van der Waals surface area contributed by atoms with E-state index in [9.17, 15) is 0 Å². The molecule has 0 aromatic heterocycles. The van der Waals surface area contributed by atoms with Crippen molar-refractivity contribution in [1.29, 1.82) is 0 Å². The largest absolute Gasteiger partial charge is 0.372 e. The van der Waals surface area contributed by atoms with E-state index < -0.39 is 0 Å². The van der Waals surface area contributed by atoms with Crippen molar-refractivity contribution < 1.29 is 4.74 Å². The van der Waals surface area contributed by atoms with E-state index in [0.29, 0.717) is 12.2 Å². The molecule has 1 N–H and O–H groups in total. The smallest absolute Gasteiger partial charge is 0.0707 e. The van der Waals surface area contributed by atoms with Crippen LogP contribution in [0.5, 0.6) is 0 Å². The normalized spacial score (nSPS) is 25.7. The molecule has 3 heteroatoms. The van der Waals surface area contributed by atoms with Gasteiger partial charge in [0.25, 0.3) is 0 Å². The van der Waals surface area contributed by atoms with E-state index in [1.807, 2.05) is 0 Å². The van der Waals surface area contributed by atoms with Gasteiger partial charge in [-0.3, -0.25) is 4.90 Å². The van der Waals surface area contributed by atoms with E-state index in [1.165, 1.54) is 36.8 Å². The standard InChI is InChI=1S/C18H28N2O/c1-14-4-3-5-15(10-14)12-20(2)13-18-9-8-17(21-18)11-19-16-6-7-16/h3-5,10,16-19H,6-9,11-13H2,1-2H3. The number of likely N-dealkylation sites (N-methyl/N-ethyl adjacent to an activating group) is 1. The summed E-state index contributed by atoms with van der Waals surface area (Å²) in [6.07, 6.45) is 5.97. The minimum absolute atomic E-state index is 0.408. The zero-order valence-electron chi connectivity index (χ0n) is 13.3. The Bertz CT molecular complexity index is 458. The lowest BCUT2D eigenvalue weighted by atomic mass is 10.1. The summed E-state index contributed by atoms with van der Waals surface area (Å²) in [6, 6.07) is 9.57. The van der Waals surface area contributed by atoms with Crippen molar-refractivity contribution in [2.24, 2.45) is 0 Å². The van der Waals surface area contributed by atoms with E-state index in [2.05, 4.69) is 48.5 Å². The maximum atomic E-state index is 6.17. The molecule has 1 aliphatic carbocycles. The summed E-state index contributed by atoms with van der Waals surface area (Å²) in [4.78, 5) is 2.39. The molecule has 0 radical (unpaired) electrons. The minimum atomic E-state index is 0.408. The summed E-state index contributed by atoms with van der Waals surface area (Å²) in [7, 11) is 2.20. The summed E-state index contributed by atoms with van der Waals surface area (Å²) in [5, 5.41) is 3.58. The predicted molar refractivity (Wildman–Crippen MR) is 86.4 cm³/mol. The molecule has 1 heterocycles. The molecule has 0 bridgehead atoms. The fourth-order valence-electron chi connectivity index (χ4n) is 3.18. The zero-order valence-corrected chi connectivity index (χ0v) is 13.3. The first-order valence-electron chi connectivity index (χ1n) is 8.32. The second-order valence-corrected chi connectivity index (χ2v) is 6.83. The molecule has 3 rings (SSSR count). The Morgan fingerprint density at radius 1 is 1.19 bits per heavy atom. The van der Waals surface area contributed by atoms with E-state index in [1.54, 1.807) is 0 Å². The summed E-state index contributed by atoms with van der Waals surface area (Å²) in [5.74, 6) is 0. The van der Waals surface area contributed by atoms with E-state index in [-0.39, 0.29) is 0 Å². The van der Waals surface area contributed by atoms with Gasteiger partial charge in [0.15, 0.2) is 0 Å². The van der Waals surface area contributed by atoms with E-state index >= 15 is 0 Å². The van der Waals surface area contributed by atoms with E-state index in [0.717, 1.165) is 25.7 Å². The Labute approximate surface area is 128 Å². The third-order valence-corrected chi connectivity index (χ3v) is 4.46. The highest BCUT2D eigenvalue weighted by Gasteiger charge is 2.28. The Morgan fingerprint density at radius 3 is 2.76 bits per heavy atom. The maximum absolute atomic E-state index is 6.17. The molecule has 2 atom stereocenters. The van der Waals surface area contributed by atoms with E-state index in [4.69, 9.17) is 4.74 Å². The predicted octanol–water partition coefficient (Wildman–Crippen LogP) is 2.73. The summed E-state index contributed by atoms with van der Waals surface area (Å²) in [5.41, 5.74) is 2.73. The molecule has 3 nitrogen and oxygen atoms in total. The van der Waals surface area contributed by atoms with Gasteiger partial charge in [-0.25, -0.2) is 0 Å². The number of nitrogens with one attached hydrogen (secondary N) is 1. The molecular weight excluding hydrogens is 260 g/mol. The fourth-order valence-corrected chi connectivity index (χ4v) is 3.18. The van der Waals surface area contributed by atoms with Crippen LogP contribution >= 0.6 is 0 Å². The quantitative estimate of drug-likeness (QED) is 0.835. The number of aryl methyl sites for hydroxylation is 1. The Kier molecular flexibility index (Phi) is 4.94. The average molecular weight is 288 g/mol. The third kappa shape index (κ3) is 4.80. The van der Waals surface area contributed by atoms with Crippen molar-refractivity contribution in [1.82, 2.24) is 10.2 Å². The Morgan fingerprint density at radius 2 is 2.00 bits per heavy atom. The average Bonchev–Trinajstić information content (AvgIpc) is 3.17. The summed E-state index contributed by atoms with van der Waals surface area (Å²) < 4.78 is 6.17. The van der Waals surface area contributed by atoms with Crippen LogP contribution in [0.2, 0.25) is 0 Å². The van der Waals surface area contributed by atoms with Gasteiger partial charge >= 0.3 is 0 Å². The molecule has 1 saturated heterocycles.